The van der Waals surface area contributed by atoms with Crippen LogP contribution in [0.25, 0.3) is 0 Å². The molecule has 1 amide bonds. The molecule has 6 heteroatoms. The van der Waals surface area contributed by atoms with Gasteiger partial charge in [-0.05, 0) is 30.2 Å². The number of benzene rings is 1. The Morgan fingerprint density at radius 2 is 2.13 bits per heavy atom. The third kappa shape index (κ3) is 5.38. The van der Waals surface area contributed by atoms with Crippen molar-refractivity contribution in [1.29, 1.82) is 0 Å². The SMILES string of the molecule is CCCOC(=NCc1cccnc1)NC(=O)c1ccccc1Cl. The monoisotopic (exact) mass is 331 g/mol. The number of amides is 1. The molecular formula is C17H18ClN3O2. The van der Waals surface area contributed by atoms with Gasteiger partial charge >= 0.3 is 0 Å². The minimum absolute atomic E-state index is 0.181. The zero-order valence-corrected chi connectivity index (χ0v) is 13.6. The fourth-order valence-electron chi connectivity index (χ4n) is 1.78. The molecule has 0 radical (unpaired) electrons. The van der Waals surface area contributed by atoms with Crippen molar-refractivity contribution in [2.45, 2.75) is 19.9 Å². The molecule has 0 bridgehead atoms. The smallest absolute Gasteiger partial charge is 0.292 e. The molecule has 0 saturated heterocycles. The van der Waals surface area contributed by atoms with E-state index in [1.807, 2.05) is 19.1 Å². The summed E-state index contributed by atoms with van der Waals surface area (Å²) in [7, 11) is 0. The second-order valence-corrected chi connectivity index (χ2v) is 5.17. The lowest BCUT2D eigenvalue weighted by molar-refractivity contribution is 0.0965. The highest BCUT2D eigenvalue weighted by molar-refractivity contribution is 6.34. The molecule has 0 aliphatic rings. The van der Waals surface area contributed by atoms with Crippen LogP contribution in [-0.4, -0.2) is 23.5 Å². The van der Waals surface area contributed by atoms with Gasteiger partial charge in [0.25, 0.3) is 11.9 Å². The molecule has 5 nitrogen and oxygen atoms in total. The summed E-state index contributed by atoms with van der Waals surface area (Å²) in [5, 5.41) is 3.04. The summed E-state index contributed by atoms with van der Waals surface area (Å²) in [5.74, 6) is -0.350. The number of hydrogen-bond acceptors (Lipinski definition) is 4. The van der Waals surface area contributed by atoms with E-state index in [1.165, 1.54) is 0 Å². The van der Waals surface area contributed by atoms with Crippen LogP contribution in [0.5, 0.6) is 0 Å². The Kier molecular flexibility index (Phi) is 6.56. The van der Waals surface area contributed by atoms with Gasteiger partial charge in [0, 0.05) is 12.4 Å². The maximum atomic E-state index is 12.3. The van der Waals surface area contributed by atoms with Crippen molar-refractivity contribution in [2.24, 2.45) is 4.99 Å². The zero-order valence-electron chi connectivity index (χ0n) is 12.8. The third-order valence-electron chi connectivity index (χ3n) is 2.91. The van der Waals surface area contributed by atoms with Crippen molar-refractivity contribution in [3.8, 4) is 0 Å². The van der Waals surface area contributed by atoms with Crippen LogP contribution in [-0.2, 0) is 11.3 Å². The van der Waals surface area contributed by atoms with E-state index in [4.69, 9.17) is 16.3 Å². The molecule has 2 aromatic rings. The van der Waals surface area contributed by atoms with Crippen LogP contribution < -0.4 is 5.32 Å². The van der Waals surface area contributed by atoms with E-state index in [0.717, 1.165) is 12.0 Å². The lowest BCUT2D eigenvalue weighted by atomic mass is 10.2. The number of pyridine rings is 1. The first-order valence-corrected chi connectivity index (χ1v) is 7.70. The summed E-state index contributed by atoms with van der Waals surface area (Å²) in [6.07, 6.45) is 4.23. The standard InChI is InChI=1S/C17H18ClN3O2/c1-2-10-23-17(20-12-13-6-5-9-19-11-13)21-16(22)14-7-3-4-8-15(14)18/h3-9,11H,2,10,12H2,1H3,(H,20,21,22). The Morgan fingerprint density at radius 3 is 2.83 bits per heavy atom. The number of nitrogens with zero attached hydrogens (tertiary/aromatic N) is 2. The summed E-state index contributed by atoms with van der Waals surface area (Å²) in [5.41, 5.74) is 1.31. The van der Waals surface area contributed by atoms with E-state index in [-0.39, 0.29) is 11.9 Å². The Labute approximate surface area is 140 Å². The van der Waals surface area contributed by atoms with E-state index in [0.29, 0.717) is 23.7 Å². The van der Waals surface area contributed by atoms with Crippen LogP contribution in [0.2, 0.25) is 5.02 Å². The summed E-state index contributed by atoms with van der Waals surface area (Å²) in [6.45, 7) is 2.82. The molecule has 1 aromatic carbocycles. The molecule has 1 heterocycles. The molecule has 0 spiro atoms. The first kappa shape index (κ1) is 17.0. The first-order chi connectivity index (χ1) is 11.2. The van der Waals surface area contributed by atoms with E-state index in [9.17, 15) is 4.79 Å². The lowest BCUT2D eigenvalue weighted by Gasteiger charge is -2.11. The van der Waals surface area contributed by atoms with Crippen LogP contribution in [0.1, 0.15) is 29.3 Å². The van der Waals surface area contributed by atoms with Crippen molar-refractivity contribution >= 4 is 23.5 Å². The number of carbonyl (C=O) groups excluding carboxylic acids is 1. The maximum Gasteiger partial charge on any atom is 0.292 e. The van der Waals surface area contributed by atoms with Crippen LogP contribution >= 0.6 is 11.6 Å². The number of amidine groups is 1. The van der Waals surface area contributed by atoms with Gasteiger partial charge in [-0.25, -0.2) is 4.99 Å². The molecular weight excluding hydrogens is 314 g/mol. The molecule has 0 fully saturated rings. The summed E-state index contributed by atoms with van der Waals surface area (Å²) >= 11 is 6.03. The maximum absolute atomic E-state index is 12.3. The van der Waals surface area contributed by atoms with Crippen LogP contribution in [0.3, 0.4) is 0 Å². The van der Waals surface area contributed by atoms with Gasteiger partial charge in [-0.2, -0.15) is 0 Å². The Balaban J connectivity index is 2.09. The number of ether oxygens (including phenoxy) is 1. The number of carbonyl (C=O) groups is 1. The predicted octanol–water partition coefficient (Wildman–Crippen LogP) is 3.45. The number of hydrogen-bond donors (Lipinski definition) is 1. The average molecular weight is 332 g/mol. The number of halogens is 1. The molecule has 0 unspecified atom stereocenters. The molecule has 120 valence electrons. The van der Waals surface area contributed by atoms with Gasteiger partial charge in [0.05, 0.1) is 23.7 Å². The number of rotatable bonds is 5. The molecule has 1 N–H and O–H groups in total. The van der Waals surface area contributed by atoms with Gasteiger partial charge in [0.2, 0.25) is 0 Å². The Morgan fingerprint density at radius 1 is 1.30 bits per heavy atom. The number of aromatic nitrogens is 1. The fraction of sp³-hybridized carbons (Fsp3) is 0.235. The summed E-state index contributed by atoms with van der Waals surface area (Å²) in [4.78, 5) is 20.6. The van der Waals surface area contributed by atoms with Gasteiger partial charge in [0.15, 0.2) is 0 Å². The van der Waals surface area contributed by atoms with E-state index < -0.39 is 0 Å². The molecule has 0 atom stereocenters. The Hall–Kier alpha value is -2.40. The highest BCUT2D eigenvalue weighted by Gasteiger charge is 2.12. The number of nitrogens with one attached hydrogen (secondary N) is 1. The van der Waals surface area contributed by atoms with E-state index in [2.05, 4.69) is 15.3 Å². The summed E-state index contributed by atoms with van der Waals surface area (Å²) in [6, 6.07) is 10.8. The van der Waals surface area contributed by atoms with Gasteiger partial charge in [-0.15, -0.1) is 0 Å². The van der Waals surface area contributed by atoms with Crippen molar-refractivity contribution in [1.82, 2.24) is 10.3 Å². The normalized spacial score (nSPS) is 11.1. The quantitative estimate of drug-likeness (QED) is 0.674. The van der Waals surface area contributed by atoms with Crippen molar-refractivity contribution in [3.05, 3.63) is 64.9 Å². The second-order valence-electron chi connectivity index (χ2n) is 4.77. The van der Waals surface area contributed by atoms with Gasteiger partial charge in [-0.1, -0.05) is 36.7 Å². The fourth-order valence-corrected chi connectivity index (χ4v) is 2.01. The predicted molar refractivity (Wildman–Crippen MR) is 90.5 cm³/mol. The van der Waals surface area contributed by atoms with Crippen molar-refractivity contribution in [2.75, 3.05) is 6.61 Å². The largest absolute Gasteiger partial charge is 0.465 e. The highest BCUT2D eigenvalue weighted by atomic mass is 35.5. The zero-order chi connectivity index (χ0) is 16.5. The topological polar surface area (TPSA) is 63.6 Å². The minimum atomic E-state index is -0.350. The summed E-state index contributed by atoms with van der Waals surface area (Å²) < 4.78 is 5.50. The molecule has 1 aromatic heterocycles. The minimum Gasteiger partial charge on any atom is -0.465 e. The molecule has 2 rings (SSSR count). The molecule has 0 aliphatic heterocycles. The Bertz CT molecular complexity index is 675. The molecule has 0 aliphatic carbocycles. The first-order valence-electron chi connectivity index (χ1n) is 7.32. The van der Waals surface area contributed by atoms with Gasteiger partial charge < -0.3 is 4.74 Å². The van der Waals surface area contributed by atoms with Gasteiger partial charge in [-0.3, -0.25) is 15.1 Å². The van der Waals surface area contributed by atoms with E-state index in [1.54, 1.807) is 36.7 Å². The molecule has 0 saturated carbocycles. The van der Waals surface area contributed by atoms with Crippen LogP contribution in [0.15, 0.2) is 53.8 Å². The van der Waals surface area contributed by atoms with Gasteiger partial charge in [0.1, 0.15) is 0 Å². The van der Waals surface area contributed by atoms with Crippen molar-refractivity contribution in [3.63, 3.8) is 0 Å². The second kappa shape index (κ2) is 8.90. The highest BCUT2D eigenvalue weighted by Crippen LogP contribution is 2.14. The lowest BCUT2D eigenvalue weighted by Crippen LogP contribution is -2.33. The number of aliphatic imine (C=N–C) groups is 1. The third-order valence-corrected chi connectivity index (χ3v) is 3.24. The average Bonchev–Trinajstić information content (AvgIpc) is 2.58. The van der Waals surface area contributed by atoms with Crippen LogP contribution in [0.4, 0.5) is 0 Å². The molecule has 23 heavy (non-hydrogen) atoms. The van der Waals surface area contributed by atoms with E-state index >= 15 is 0 Å². The van der Waals surface area contributed by atoms with Crippen molar-refractivity contribution < 1.29 is 9.53 Å². The van der Waals surface area contributed by atoms with Crippen LogP contribution in [0, 0.1) is 0 Å².